The maximum absolute atomic E-state index is 12.8. The first-order valence-corrected chi connectivity index (χ1v) is 8.83. The van der Waals surface area contributed by atoms with Crippen molar-refractivity contribution in [3.05, 3.63) is 42.5 Å². The lowest BCUT2D eigenvalue weighted by Crippen LogP contribution is -2.54. The number of nitrogens with zero attached hydrogens (tertiary/aromatic N) is 1. The minimum atomic E-state index is -3.94. The summed E-state index contributed by atoms with van der Waals surface area (Å²) in [6, 6.07) is 5.91. The van der Waals surface area contributed by atoms with Gasteiger partial charge in [0.15, 0.2) is 0 Å². The predicted molar refractivity (Wildman–Crippen MR) is 81.8 cm³/mol. The van der Waals surface area contributed by atoms with Gasteiger partial charge in [-0.2, -0.15) is 4.31 Å². The fraction of sp³-hybridized carbons (Fsp3) is 0.438. The highest BCUT2D eigenvalue weighted by Crippen LogP contribution is 2.39. The van der Waals surface area contributed by atoms with Crippen LogP contribution in [0.1, 0.15) is 24.8 Å². The summed E-state index contributed by atoms with van der Waals surface area (Å²) in [6.45, 7) is 5.61. The molecule has 0 bridgehead atoms. The summed E-state index contributed by atoms with van der Waals surface area (Å²) < 4.78 is 31.9. The Kier molecular flexibility index (Phi) is 3.72. The van der Waals surface area contributed by atoms with E-state index in [1.165, 1.54) is 12.1 Å². The van der Waals surface area contributed by atoms with E-state index in [9.17, 15) is 13.2 Å². The summed E-state index contributed by atoms with van der Waals surface area (Å²) in [7, 11) is -3.94. The van der Waals surface area contributed by atoms with Crippen LogP contribution in [-0.2, 0) is 14.8 Å². The number of amides is 1. The molecule has 1 heterocycles. The molecule has 1 saturated carbocycles. The number of aryl methyl sites for hydroxylation is 1. The summed E-state index contributed by atoms with van der Waals surface area (Å²) in [5, 5.41) is 0. The van der Waals surface area contributed by atoms with Gasteiger partial charge in [-0.25, -0.2) is 13.2 Å². The van der Waals surface area contributed by atoms with Crippen LogP contribution in [-0.4, -0.2) is 31.0 Å². The highest BCUT2D eigenvalue weighted by Gasteiger charge is 2.49. The SMILES string of the molecule is C=CC1[C@@H]2CCC[C@@H]2OC(=O)N1S(=O)(=O)c1ccc(C)cc1. The maximum atomic E-state index is 12.8. The van der Waals surface area contributed by atoms with Crippen molar-refractivity contribution in [2.24, 2.45) is 5.92 Å². The first kappa shape index (κ1) is 15.1. The molecule has 0 aromatic heterocycles. The number of benzene rings is 1. The van der Waals surface area contributed by atoms with Gasteiger partial charge < -0.3 is 4.74 Å². The Morgan fingerprint density at radius 3 is 2.59 bits per heavy atom. The molecule has 1 aromatic rings. The molecule has 0 spiro atoms. The Balaban J connectivity index is 2.02. The van der Waals surface area contributed by atoms with Crippen molar-refractivity contribution in [3.8, 4) is 0 Å². The van der Waals surface area contributed by atoms with Gasteiger partial charge in [-0.15, -0.1) is 6.58 Å². The molecule has 3 atom stereocenters. The molecule has 2 aliphatic rings. The summed E-state index contributed by atoms with van der Waals surface area (Å²) in [4.78, 5) is 12.4. The van der Waals surface area contributed by atoms with Gasteiger partial charge >= 0.3 is 6.09 Å². The second kappa shape index (κ2) is 5.43. The number of rotatable bonds is 3. The van der Waals surface area contributed by atoms with Crippen molar-refractivity contribution in [2.45, 2.75) is 43.2 Å². The molecule has 3 rings (SSSR count). The lowest BCUT2D eigenvalue weighted by Gasteiger charge is -2.39. The van der Waals surface area contributed by atoms with Crippen LogP contribution in [0.3, 0.4) is 0 Å². The number of hydrogen-bond acceptors (Lipinski definition) is 4. The molecule has 2 fully saturated rings. The third-order valence-electron chi connectivity index (χ3n) is 4.46. The highest BCUT2D eigenvalue weighted by molar-refractivity contribution is 7.89. The van der Waals surface area contributed by atoms with Crippen molar-refractivity contribution in [1.82, 2.24) is 4.31 Å². The third kappa shape index (κ3) is 2.31. The Morgan fingerprint density at radius 1 is 1.27 bits per heavy atom. The van der Waals surface area contributed by atoms with Gasteiger partial charge in [-0.3, -0.25) is 0 Å². The van der Waals surface area contributed by atoms with Gasteiger partial charge in [0.2, 0.25) is 0 Å². The molecular formula is C16H19NO4S. The summed E-state index contributed by atoms with van der Waals surface area (Å²) >= 11 is 0. The van der Waals surface area contributed by atoms with Gasteiger partial charge in [0.1, 0.15) is 6.10 Å². The molecular weight excluding hydrogens is 302 g/mol. The van der Waals surface area contributed by atoms with Crippen molar-refractivity contribution >= 4 is 16.1 Å². The molecule has 1 aliphatic carbocycles. The van der Waals surface area contributed by atoms with E-state index in [2.05, 4.69) is 6.58 Å². The van der Waals surface area contributed by atoms with E-state index in [1.54, 1.807) is 18.2 Å². The number of sulfonamides is 1. The van der Waals surface area contributed by atoms with Crippen molar-refractivity contribution < 1.29 is 17.9 Å². The third-order valence-corrected chi connectivity index (χ3v) is 6.24. The molecule has 22 heavy (non-hydrogen) atoms. The van der Waals surface area contributed by atoms with Gasteiger partial charge in [-0.05, 0) is 38.3 Å². The van der Waals surface area contributed by atoms with Crippen LogP contribution >= 0.6 is 0 Å². The Morgan fingerprint density at radius 2 is 1.95 bits per heavy atom. The van der Waals surface area contributed by atoms with E-state index < -0.39 is 22.2 Å². The lowest BCUT2D eigenvalue weighted by molar-refractivity contribution is 0.0100. The summed E-state index contributed by atoms with van der Waals surface area (Å²) in [6.07, 6.45) is 3.13. The smallest absolute Gasteiger partial charge is 0.424 e. The quantitative estimate of drug-likeness (QED) is 0.803. The molecule has 6 heteroatoms. The van der Waals surface area contributed by atoms with Gasteiger partial charge in [-0.1, -0.05) is 23.8 Å². The number of fused-ring (bicyclic) bond motifs is 1. The highest BCUT2D eigenvalue weighted by atomic mass is 32.2. The fourth-order valence-corrected chi connectivity index (χ4v) is 4.83. The molecule has 1 amide bonds. The number of ether oxygens (including phenoxy) is 1. The monoisotopic (exact) mass is 321 g/mol. The second-order valence-electron chi connectivity index (χ2n) is 5.86. The molecule has 1 aliphatic heterocycles. The Labute approximate surface area is 130 Å². The molecule has 1 aromatic carbocycles. The van der Waals surface area contributed by atoms with E-state index in [1.807, 2.05) is 6.92 Å². The first-order valence-electron chi connectivity index (χ1n) is 7.39. The van der Waals surface area contributed by atoms with Crippen LogP contribution in [0.2, 0.25) is 0 Å². The zero-order chi connectivity index (χ0) is 15.9. The van der Waals surface area contributed by atoms with Gasteiger partial charge in [0.25, 0.3) is 10.0 Å². The van der Waals surface area contributed by atoms with Gasteiger partial charge in [0.05, 0.1) is 10.9 Å². The van der Waals surface area contributed by atoms with Crippen LogP contribution < -0.4 is 0 Å². The van der Waals surface area contributed by atoms with E-state index in [0.717, 1.165) is 29.1 Å². The number of hydrogen-bond donors (Lipinski definition) is 0. The van der Waals surface area contributed by atoms with Crippen molar-refractivity contribution in [3.63, 3.8) is 0 Å². The fourth-order valence-electron chi connectivity index (χ4n) is 3.32. The molecule has 0 radical (unpaired) electrons. The van der Waals surface area contributed by atoms with Crippen LogP contribution in [0.15, 0.2) is 41.8 Å². The van der Waals surface area contributed by atoms with E-state index in [-0.39, 0.29) is 16.9 Å². The zero-order valence-electron chi connectivity index (χ0n) is 12.4. The number of carbonyl (C=O) groups is 1. The molecule has 5 nitrogen and oxygen atoms in total. The van der Waals surface area contributed by atoms with Crippen LogP contribution in [0.4, 0.5) is 4.79 Å². The zero-order valence-corrected chi connectivity index (χ0v) is 13.3. The Bertz CT molecular complexity index is 695. The van der Waals surface area contributed by atoms with E-state index >= 15 is 0 Å². The molecule has 0 N–H and O–H groups in total. The average molecular weight is 321 g/mol. The summed E-state index contributed by atoms with van der Waals surface area (Å²) in [5.74, 6) is -0.00424. The van der Waals surface area contributed by atoms with Gasteiger partial charge in [0, 0.05) is 5.92 Å². The predicted octanol–water partition coefficient (Wildman–Crippen LogP) is 2.86. The van der Waals surface area contributed by atoms with Crippen LogP contribution in [0.25, 0.3) is 0 Å². The topological polar surface area (TPSA) is 63.7 Å². The van der Waals surface area contributed by atoms with Crippen LogP contribution in [0, 0.1) is 12.8 Å². The van der Waals surface area contributed by atoms with Crippen molar-refractivity contribution in [2.75, 3.05) is 0 Å². The first-order chi connectivity index (χ1) is 10.4. The Hall–Kier alpha value is -1.82. The largest absolute Gasteiger partial charge is 0.445 e. The minimum absolute atomic E-state index is 0.00424. The van der Waals surface area contributed by atoms with E-state index in [0.29, 0.717) is 0 Å². The molecule has 1 saturated heterocycles. The van der Waals surface area contributed by atoms with Crippen LogP contribution in [0.5, 0.6) is 0 Å². The minimum Gasteiger partial charge on any atom is -0.445 e. The van der Waals surface area contributed by atoms with Crippen molar-refractivity contribution in [1.29, 1.82) is 0 Å². The lowest BCUT2D eigenvalue weighted by atomic mass is 9.95. The number of carbonyl (C=O) groups excluding carboxylic acids is 1. The normalized spacial score (nSPS) is 28.1. The standard InChI is InChI=1S/C16H19NO4S/c1-3-14-13-5-4-6-15(13)21-16(18)17(14)22(19,20)12-9-7-11(2)8-10-12/h3,7-10,13-15H,1,4-6H2,2H3/t13-,14?,15-/m0/s1. The second-order valence-corrected chi connectivity index (χ2v) is 7.67. The summed E-state index contributed by atoms with van der Waals surface area (Å²) in [5.41, 5.74) is 0.955. The molecule has 118 valence electrons. The molecule has 1 unspecified atom stereocenters. The van der Waals surface area contributed by atoms with E-state index in [4.69, 9.17) is 4.74 Å². The maximum Gasteiger partial charge on any atom is 0.424 e. The average Bonchev–Trinajstić information content (AvgIpc) is 2.93.